The number of nitrogen functional groups attached to an aromatic ring is 1. The number of anilines is 2. The van der Waals surface area contributed by atoms with Gasteiger partial charge in [-0.05, 0) is 24.1 Å². The van der Waals surface area contributed by atoms with E-state index < -0.39 is 16.1 Å². The van der Waals surface area contributed by atoms with E-state index in [9.17, 15) is 13.5 Å². The lowest BCUT2D eigenvalue weighted by Crippen LogP contribution is -2.27. The largest absolute Gasteiger partial charge is 0.398 e. The number of hydrogen-bond acceptors (Lipinski definition) is 5. The van der Waals surface area contributed by atoms with Crippen LogP contribution in [-0.4, -0.2) is 26.2 Å². The zero-order valence-corrected chi connectivity index (χ0v) is 12.7. The Labute approximate surface area is 120 Å². The maximum atomic E-state index is 11.2. The Hall–Kier alpha value is -1.31. The Balaban J connectivity index is 2.74. The number of sulfonamides is 1. The third-order valence-corrected chi connectivity index (χ3v) is 4.41. The van der Waals surface area contributed by atoms with Crippen LogP contribution in [0.3, 0.4) is 0 Å². The monoisotopic (exact) mass is 301 g/mol. The van der Waals surface area contributed by atoms with Gasteiger partial charge in [0.1, 0.15) is 4.90 Å². The van der Waals surface area contributed by atoms with E-state index in [-0.39, 0.29) is 16.5 Å². The molecule has 114 valence electrons. The highest BCUT2D eigenvalue weighted by Crippen LogP contribution is 2.22. The molecular weight excluding hydrogens is 278 g/mol. The molecule has 0 amide bonds. The molecule has 7 heteroatoms. The van der Waals surface area contributed by atoms with Crippen LogP contribution >= 0.6 is 0 Å². The minimum atomic E-state index is -3.81. The second-order valence-corrected chi connectivity index (χ2v) is 6.35. The van der Waals surface area contributed by atoms with Crippen LogP contribution in [0, 0.1) is 5.92 Å². The summed E-state index contributed by atoms with van der Waals surface area (Å²) in [6.07, 6.45) is 1.36. The molecule has 0 aromatic heterocycles. The van der Waals surface area contributed by atoms with Gasteiger partial charge in [-0.25, -0.2) is 13.6 Å². The molecular formula is C13H23N3O3S. The van der Waals surface area contributed by atoms with Crippen LogP contribution < -0.4 is 16.2 Å². The number of benzene rings is 1. The first-order valence-electron chi connectivity index (χ1n) is 6.63. The van der Waals surface area contributed by atoms with Gasteiger partial charge < -0.3 is 16.2 Å². The molecule has 1 aromatic rings. The van der Waals surface area contributed by atoms with Gasteiger partial charge in [-0.15, -0.1) is 0 Å². The fourth-order valence-corrected chi connectivity index (χ4v) is 2.78. The summed E-state index contributed by atoms with van der Waals surface area (Å²) in [5.41, 5.74) is 6.41. The maximum absolute atomic E-state index is 11.2. The molecule has 1 rings (SSSR count). The predicted molar refractivity (Wildman–Crippen MR) is 80.8 cm³/mol. The molecule has 0 aliphatic carbocycles. The first-order chi connectivity index (χ1) is 9.29. The lowest BCUT2D eigenvalue weighted by atomic mass is 9.96. The molecule has 0 aliphatic heterocycles. The molecule has 0 aliphatic rings. The number of aliphatic hydroxyl groups is 1. The van der Waals surface area contributed by atoms with Crippen molar-refractivity contribution in [3.63, 3.8) is 0 Å². The predicted octanol–water partition coefficient (Wildman–Crippen LogP) is 1.13. The molecule has 0 bridgehead atoms. The molecule has 0 saturated heterocycles. The molecule has 6 N–H and O–H groups in total. The summed E-state index contributed by atoms with van der Waals surface area (Å²) < 4.78 is 22.5. The molecule has 0 radical (unpaired) electrons. The Morgan fingerprint density at radius 2 is 1.90 bits per heavy atom. The molecule has 0 heterocycles. The second kappa shape index (κ2) is 6.92. The zero-order chi connectivity index (χ0) is 15.3. The van der Waals surface area contributed by atoms with Gasteiger partial charge in [-0.2, -0.15) is 0 Å². The summed E-state index contributed by atoms with van der Waals surface area (Å²) in [4.78, 5) is -0.0939. The molecule has 20 heavy (non-hydrogen) atoms. The zero-order valence-electron chi connectivity index (χ0n) is 11.8. The Morgan fingerprint density at radius 1 is 1.30 bits per heavy atom. The average molecular weight is 301 g/mol. The fourth-order valence-electron chi connectivity index (χ4n) is 2.14. The topological polar surface area (TPSA) is 118 Å². The van der Waals surface area contributed by atoms with E-state index in [1.807, 2.05) is 13.8 Å². The van der Waals surface area contributed by atoms with E-state index in [1.165, 1.54) is 12.1 Å². The third kappa shape index (κ3) is 4.36. The van der Waals surface area contributed by atoms with Gasteiger partial charge in [-0.3, -0.25) is 0 Å². The minimum Gasteiger partial charge on any atom is -0.398 e. The van der Waals surface area contributed by atoms with E-state index in [2.05, 4.69) is 5.32 Å². The number of primary sulfonamides is 1. The van der Waals surface area contributed by atoms with Crippen molar-refractivity contribution in [1.29, 1.82) is 0 Å². The summed E-state index contributed by atoms with van der Waals surface area (Å²) in [5, 5.41) is 18.1. The van der Waals surface area contributed by atoms with Gasteiger partial charge in [0.15, 0.2) is 0 Å². The van der Waals surface area contributed by atoms with E-state index in [0.29, 0.717) is 12.2 Å². The van der Waals surface area contributed by atoms with Gasteiger partial charge in [0.2, 0.25) is 10.0 Å². The molecule has 1 atom stereocenters. The van der Waals surface area contributed by atoms with Crippen molar-refractivity contribution in [2.24, 2.45) is 11.1 Å². The number of aliphatic hydroxyl groups excluding tert-OH is 1. The highest BCUT2D eigenvalue weighted by atomic mass is 32.2. The first-order valence-corrected chi connectivity index (χ1v) is 8.18. The fraction of sp³-hybridized carbons (Fsp3) is 0.538. The van der Waals surface area contributed by atoms with Crippen LogP contribution in [0.25, 0.3) is 0 Å². The SMILES string of the molecule is CCC(CC)C(O)CNc1ccc(S(N)(=O)=O)c(N)c1. The Morgan fingerprint density at radius 3 is 2.35 bits per heavy atom. The Kier molecular flexibility index (Phi) is 5.79. The summed E-state index contributed by atoms with van der Waals surface area (Å²) in [6.45, 7) is 4.47. The molecule has 0 fully saturated rings. The number of hydrogen-bond donors (Lipinski definition) is 4. The number of rotatable bonds is 7. The first kappa shape index (κ1) is 16.7. The van der Waals surface area contributed by atoms with E-state index in [4.69, 9.17) is 10.9 Å². The van der Waals surface area contributed by atoms with Crippen molar-refractivity contribution in [2.45, 2.75) is 37.7 Å². The smallest absolute Gasteiger partial charge is 0.240 e. The molecule has 0 saturated carbocycles. The highest BCUT2D eigenvalue weighted by Gasteiger charge is 2.16. The summed E-state index contributed by atoms with van der Waals surface area (Å²) >= 11 is 0. The summed E-state index contributed by atoms with van der Waals surface area (Å²) in [6, 6.07) is 4.44. The highest BCUT2D eigenvalue weighted by molar-refractivity contribution is 7.89. The van der Waals surface area contributed by atoms with Crippen LogP contribution in [0.15, 0.2) is 23.1 Å². The molecule has 1 aromatic carbocycles. The summed E-state index contributed by atoms with van der Waals surface area (Å²) in [5.74, 6) is 0.239. The van der Waals surface area contributed by atoms with Crippen LogP contribution in [0.1, 0.15) is 26.7 Å². The number of nitrogens with two attached hydrogens (primary N) is 2. The summed E-state index contributed by atoms with van der Waals surface area (Å²) in [7, 11) is -3.81. The maximum Gasteiger partial charge on any atom is 0.240 e. The van der Waals surface area contributed by atoms with Crippen LogP contribution in [0.4, 0.5) is 11.4 Å². The normalized spacial score (nSPS) is 13.4. The van der Waals surface area contributed by atoms with Crippen LogP contribution in [-0.2, 0) is 10.0 Å². The van der Waals surface area contributed by atoms with Crippen molar-refractivity contribution in [3.05, 3.63) is 18.2 Å². The quantitative estimate of drug-likeness (QED) is 0.563. The lowest BCUT2D eigenvalue weighted by Gasteiger charge is -2.21. The molecule has 6 nitrogen and oxygen atoms in total. The lowest BCUT2D eigenvalue weighted by molar-refractivity contribution is 0.114. The van der Waals surface area contributed by atoms with Crippen LogP contribution in [0.5, 0.6) is 0 Å². The Bertz CT molecular complexity index is 542. The van der Waals surface area contributed by atoms with Crippen molar-refractivity contribution < 1.29 is 13.5 Å². The van der Waals surface area contributed by atoms with Gasteiger partial charge in [0, 0.05) is 12.2 Å². The van der Waals surface area contributed by atoms with Gasteiger partial charge in [0.05, 0.1) is 11.8 Å². The van der Waals surface area contributed by atoms with E-state index in [0.717, 1.165) is 12.8 Å². The number of nitrogens with one attached hydrogen (secondary N) is 1. The van der Waals surface area contributed by atoms with Crippen LogP contribution in [0.2, 0.25) is 0 Å². The minimum absolute atomic E-state index is 0.0922. The molecule has 1 unspecified atom stereocenters. The van der Waals surface area contributed by atoms with Crippen molar-refractivity contribution >= 4 is 21.4 Å². The van der Waals surface area contributed by atoms with Crippen molar-refractivity contribution in [1.82, 2.24) is 0 Å². The van der Waals surface area contributed by atoms with Crippen molar-refractivity contribution in [3.8, 4) is 0 Å². The van der Waals surface area contributed by atoms with Gasteiger partial charge >= 0.3 is 0 Å². The third-order valence-electron chi connectivity index (χ3n) is 3.42. The van der Waals surface area contributed by atoms with Gasteiger partial charge in [-0.1, -0.05) is 26.7 Å². The van der Waals surface area contributed by atoms with E-state index in [1.54, 1.807) is 6.07 Å². The van der Waals surface area contributed by atoms with Gasteiger partial charge in [0.25, 0.3) is 0 Å². The van der Waals surface area contributed by atoms with Crippen molar-refractivity contribution in [2.75, 3.05) is 17.6 Å². The second-order valence-electron chi connectivity index (χ2n) is 4.82. The van der Waals surface area contributed by atoms with E-state index >= 15 is 0 Å². The average Bonchev–Trinajstić information content (AvgIpc) is 2.36. The molecule has 0 spiro atoms. The standard InChI is InChI=1S/C13H23N3O3S/c1-3-9(4-2)12(17)8-16-10-5-6-13(11(14)7-10)20(15,18)19/h5-7,9,12,16-17H,3-4,8,14H2,1-2H3,(H2,15,18,19).